The topological polar surface area (TPSA) is 49.8 Å². The summed E-state index contributed by atoms with van der Waals surface area (Å²) in [7, 11) is 0. The van der Waals surface area contributed by atoms with Crippen LogP contribution in [0.1, 0.15) is 10.4 Å². The van der Waals surface area contributed by atoms with E-state index in [9.17, 15) is 5.26 Å². The van der Waals surface area contributed by atoms with E-state index in [2.05, 4.69) is 6.07 Å². The van der Waals surface area contributed by atoms with Gasteiger partial charge in [0.1, 0.15) is 10.9 Å². The second-order valence-electron chi connectivity index (χ2n) is 4.59. The monoisotopic (exact) mass is 330 g/mol. The van der Waals surface area contributed by atoms with Crippen molar-refractivity contribution in [1.82, 2.24) is 0 Å². The van der Waals surface area contributed by atoms with E-state index in [-0.39, 0.29) is 0 Å². The Hall–Kier alpha value is -1.80. The summed E-state index contributed by atoms with van der Waals surface area (Å²) in [5.74, 6) is 0. The minimum atomic E-state index is 0.533. The molecule has 0 aliphatic heterocycles. The number of anilines is 1. The number of hydrogen-bond acceptors (Lipinski definition) is 4. The molecule has 2 nitrogen and oxygen atoms in total. The molecule has 1 aromatic carbocycles. The van der Waals surface area contributed by atoms with Gasteiger partial charge in [0.15, 0.2) is 0 Å². The molecule has 0 amide bonds. The standard InChI is InChI=1S/C16H11ClN2S2/c1-9-8-20-16(13(9)17)15-12(10-5-3-2-4-6-10)14(19)11(7-18)21-15/h2-6,8H,19H2,1H3. The van der Waals surface area contributed by atoms with E-state index in [4.69, 9.17) is 17.3 Å². The summed E-state index contributed by atoms with van der Waals surface area (Å²) < 4.78 is 0. The molecule has 0 saturated carbocycles. The van der Waals surface area contributed by atoms with E-state index in [0.717, 1.165) is 31.5 Å². The van der Waals surface area contributed by atoms with Crippen LogP contribution < -0.4 is 5.73 Å². The van der Waals surface area contributed by atoms with Gasteiger partial charge in [0.2, 0.25) is 0 Å². The fourth-order valence-corrected chi connectivity index (χ4v) is 4.71. The van der Waals surface area contributed by atoms with Crippen molar-refractivity contribution in [1.29, 1.82) is 5.26 Å². The number of aryl methyl sites for hydroxylation is 1. The summed E-state index contributed by atoms with van der Waals surface area (Å²) in [6.07, 6.45) is 0. The SMILES string of the molecule is Cc1csc(-c2sc(C#N)c(N)c2-c2ccccc2)c1Cl. The summed E-state index contributed by atoms with van der Waals surface area (Å²) in [6, 6.07) is 12.1. The zero-order valence-electron chi connectivity index (χ0n) is 11.2. The van der Waals surface area contributed by atoms with E-state index < -0.39 is 0 Å². The highest BCUT2D eigenvalue weighted by atomic mass is 35.5. The fourth-order valence-electron chi connectivity index (χ4n) is 2.16. The lowest BCUT2D eigenvalue weighted by Crippen LogP contribution is -1.89. The third-order valence-corrected chi connectivity index (χ3v) is 6.19. The first-order chi connectivity index (χ1) is 10.1. The van der Waals surface area contributed by atoms with Gasteiger partial charge in [-0.1, -0.05) is 41.9 Å². The van der Waals surface area contributed by atoms with Gasteiger partial charge in [-0.15, -0.1) is 22.7 Å². The lowest BCUT2D eigenvalue weighted by Gasteiger charge is -2.05. The zero-order chi connectivity index (χ0) is 15.0. The molecule has 0 spiro atoms. The predicted octanol–water partition coefficient (Wildman–Crippen LogP) is 5.56. The van der Waals surface area contributed by atoms with Gasteiger partial charge in [0.25, 0.3) is 0 Å². The molecule has 2 aromatic heterocycles. The number of thiophene rings is 2. The maximum atomic E-state index is 9.28. The number of benzene rings is 1. The molecule has 5 heteroatoms. The summed E-state index contributed by atoms with van der Waals surface area (Å²) in [5.41, 5.74) is 9.67. The molecule has 3 aromatic rings. The molecule has 2 N–H and O–H groups in total. The molecule has 0 saturated heterocycles. The smallest absolute Gasteiger partial charge is 0.129 e. The van der Waals surface area contributed by atoms with Crippen LogP contribution in [0.2, 0.25) is 5.02 Å². The first-order valence-electron chi connectivity index (χ1n) is 6.25. The van der Waals surface area contributed by atoms with Gasteiger partial charge in [-0.3, -0.25) is 0 Å². The fraction of sp³-hybridized carbons (Fsp3) is 0.0625. The van der Waals surface area contributed by atoms with Crippen molar-refractivity contribution < 1.29 is 0 Å². The average Bonchev–Trinajstić information content (AvgIpc) is 3.00. The predicted molar refractivity (Wildman–Crippen MR) is 91.9 cm³/mol. The Bertz CT molecular complexity index is 841. The van der Waals surface area contributed by atoms with Crippen molar-refractivity contribution in [2.75, 3.05) is 5.73 Å². The van der Waals surface area contributed by atoms with Gasteiger partial charge in [0.05, 0.1) is 20.5 Å². The molecule has 2 heterocycles. The summed E-state index contributed by atoms with van der Waals surface area (Å²) >= 11 is 9.39. The Labute approximate surface area is 136 Å². The van der Waals surface area contributed by atoms with Crippen molar-refractivity contribution in [2.45, 2.75) is 6.92 Å². The zero-order valence-corrected chi connectivity index (χ0v) is 13.6. The van der Waals surface area contributed by atoms with E-state index in [1.807, 2.05) is 42.6 Å². The lowest BCUT2D eigenvalue weighted by atomic mass is 10.0. The summed E-state index contributed by atoms with van der Waals surface area (Å²) in [6.45, 7) is 1.98. The van der Waals surface area contributed by atoms with Crippen LogP contribution >= 0.6 is 34.3 Å². The Morgan fingerprint density at radius 1 is 1.19 bits per heavy atom. The number of rotatable bonds is 2. The van der Waals surface area contributed by atoms with E-state index in [0.29, 0.717) is 10.6 Å². The number of hydrogen-bond donors (Lipinski definition) is 1. The van der Waals surface area contributed by atoms with Crippen LogP contribution in [0.15, 0.2) is 35.7 Å². The van der Waals surface area contributed by atoms with Gasteiger partial charge in [-0.2, -0.15) is 5.26 Å². The quantitative estimate of drug-likeness (QED) is 0.668. The summed E-state index contributed by atoms with van der Waals surface area (Å²) in [5, 5.41) is 12.0. The number of nitrogen functional groups attached to an aromatic ring is 1. The first-order valence-corrected chi connectivity index (χ1v) is 8.32. The van der Waals surface area contributed by atoms with Gasteiger partial charge in [-0.25, -0.2) is 0 Å². The molecule has 3 rings (SSSR count). The van der Waals surface area contributed by atoms with Crippen molar-refractivity contribution in [3.63, 3.8) is 0 Å². The third kappa shape index (κ3) is 2.34. The van der Waals surface area contributed by atoms with Crippen molar-refractivity contribution in [2.24, 2.45) is 0 Å². The maximum Gasteiger partial charge on any atom is 0.129 e. The van der Waals surface area contributed by atoms with E-state index in [1.165, 1.54) is 11.3 Å². The van der Waals surface area contributed by atoms with Crippen molar-refractivity contribution in [3.05, 3.63) is 51.2 Å². The maximum absolute atomic E-state index is 9.28. The van der Waals surface area contributed by atoms with Gasteiger partial charge >= 0.3 is 0 Å². The second kappa shape index (κ2) is 5.53. The van der Waals surface area contributed by atoms with Crippen molar-refractivity contribution >= 4 is 40.0 Å². The number of nitrogens with zero attached hydrogens (tertiary/aromatic N) is 1. The second-order valence-corrected chi connectivity index (χ2v) is 6.87. The van der Waals surface area contributed by atoms with Crippen LogP contribution in [-0.4, -0.2) is 0 Å². The Balaban J connectivity index is 2.31. The van der Waals surface area contributed by atoms with Crippen LogP contribution in [0, 0.1) is 18.3 Å². The van der Waals surface area contributed by atoms with Crippen LogP contribution in [-0.2, 0) is 0 Å². The van der Waals surface area contributed by atoms with Crippen LogP contribution in [0.25, 0.3) is 20.9 Å². The largest absolute Gasteiger partial charge is 0.396 e. The molecule has 0 unspecified atom stereocenters. The van der Waals surface area contributed by atoms with Crippen LogP contribution in [0.4, 0.5) is 5.69 Å². The van der Waals surface area contributed by atoms with E-state index in [1.54, 1.807) is 11.3 Å². The molecule has 21 heavy (non-hydrogen) atoms. The van der Waals surface area contributed by atoms with E-state index >= 15 is 0 Å². The first kappa shape index (κ1) is 14.2. The highest BCUT2D eigenvalue weighted by Gasteiger charge is 2.21. The molecule has 0 radical (unpaired) electrons. The van der Waals surface area contributed by atoms with Gasteiger partial charge in [-0.05, 0) is 23.4 Å². The molecule has 0 aliphatic rings. The molecule has 0 atom stereocenters. The van der Waals surface area contributed by atoms with Gasteiger partial charge in [0, 0.05) is 5.56 Å². The highest BCUT2D eigenvalue weighted by Crippen LogP contribution is 2.49. The number of nitrogens with two attached hydrogens (primary N) is 1. The lowest BCUT2D eigenvalue weighted by molar-refractivity contribution is 1.52. The number of nitriles is 1. The Morgan fingerprint density at radius 2 is 1.90 bits per heavy atom. The van der Waals surface area contributed by atoms with Crippen LogP contribution in [0.3, 0.4) is 0 Å². The normalized spacial score (nSPS) is 10.5. The molecular formula is C16H11ClN2S2. The molecule has 0 aliphatic carbocycles. The van der Waals surface area contributed by atoms with Gasteiger partial charge < -0.3 is 5.73 Å². The van der Waals surface area contributed by atoms with Crippen LogP contribution in [0.5, 0.6) is 0 Å². The Morgan fingerprint density at radius 3 is 2.48 bits per heavy atom. The third-order valence-electron chi connectivity index (χ3n) is 3.21. The molecule has 0 fully saturated rings. The highest BCUT2D eigenvalue weighted by molar-refractivity contribution is 7.23. The average molecular weight is 331 g/mol. The Kier molecular flexibility index (Phi) is 3.73. The molecule has 0 bridgehead atoms. The molecule has 104 valence electrons. The summed E-state index contributed by atoms with van der Waals surface area (Å²) in [4.78, 5) is 2.48. The molecular weight excluding hydrogens is 320 g/mol. The minimum absolute atomic E-state index is 0.533. The van der Waals surface area contributed by atoms with Crippen molar-refractivity contribution in [3.8, 4) is 27.0 Å². The number of halogens is 1. The minimum Gasteiger partial charge on any atom is -0.396 e.